The molecule has 8 heteroatoms. The van der Waals surface area contributed by atoms with Crippen LogP contribution in [0, 0.1) is 6.92 Å². The van der Waals surface area contributed by atoms with Crippen molar-refractivity contribution in [1.29, 1.82) is 0 Å². The van der Waals surface area contributed by atoms with Crippen LogP contribution in [0.3, 0.4) is 0 Å². The number of hydrogen-bond donors (Lipinski definition) is 1. The summed E-state index contributed by atoms with van der Waals surface area (Å²) in [7, 11) is -2.37. The summed E-state index contributed by atoms with van der Waals surface area (Å²) >= 11 is 0. The fourth-order valence-electron chi connectivity index (χ4n) is 4.00. The average molecular weight is 496 g/mol. The van der Waals surface area contributed by atoms with Crippen LogP contribution >= 0.6 is 0 Å². The van der Waals surface area contributed by atoms with Gasteiger partial charge in [0, 0.05) is 23.3 Å². The molecular formula is C27H29NO6S. The summed E-state index contributed by atoms with van der Waals surface area (Å²) in [6.45, 7) is 8.26. The minimum absolute atomic E-state index is 0.0929. The second-order valence-corrected chi connectivity index (χ2v) is 11.1. The van der Waals surface area contributed by atoms with Crippen molar-refractivity contribution in [2.24, 2.45) is 0 Å². The fraction of sp³-hybridized carbons (Fsp3) is 0.296. The van der Waals surface area contributed by atoms with E-state index in [9.17, 15) is 13.2 Å². The molecule has 0 aliphatic carbocycles. The third kappa shape index (κ3) is 4.90. The molecule has 1 aromatic heterocycles. The van der Waals surface area contributed by atoms with E-state index in [1.165, 1.54) is 7.11 Å². The molecule has 0 aliphatic rings. The van der Waals surface area contributed by atoms with Crippen molar-refractivity contribution in [3.8, 4) is 0 Å². The Bertz CT molecular complexity index is 1490. The van der Waals surface area contributed by atoms with Crippen LogP contribution in [0.25, 0.3) is 21.7 Å². The molecule has 35 heavy (non-hydrogen) atoms. The van der Waals surface area contributed by atoms with Crippen LogP contribution in [0.15, 0.2) is 63.9 Å². The minimum atomic E-state index is -3.89. The number of sulfonamides is 1. The monoisotopic (exact) mass is 495 g/mol. The summed E-state index contributed by atoms with van der Waals surface area (Å²) in [4.78, 5) is 13.0. The first-order valence-electron chi connectivity index (χ1n) is 11.3. The van der Waals surface area contributed by atoms with Crippen molar-refractivity contribution in [3.05, 3.63) is 71.5 Å². The number of nitrogens with one attached hydrogen (secondary N) is 1. The first-order chi connectivity index (χ1) is 16.5. The standard InChI is InChI=1S/C27H29NO6S/c1-17-24(26(29)33-15-14-32-5)22-16-23(20-8-6-7-9-21(20)25(22)34-17)28-35(30,31)19-12-10-18(11-13-19)27(2,3)4/h6-13,16,28H,14-15H2,1-5H3. The van der Waals surface area contributed by atoms with Gasteiger partial charge in [0.15, 0.2) is 0 Å². The van der Waals surface area contributed by atoms with Gasteiger partial charge in [-0.1, -0.05) is 57.2 Å². The Balaban J connectivity index is 1.80. The maximum absolute atomic E-state index is 13.3. The minimum Gasteiger partial charge on any atom is -0.460 e. The Hall–Kier alpha value is -3.36. The van der Waals surface area contributed by atoms with Gasteiger partial charge in [0.25, 0.3) is 10.0 Å². The number of anilines is 1. The van der Waals surface area contributed by atoms with Crippen LogP contribution < -0.4 is 4.72 Å². The van der Waals surface area contributed by atoms with E-state index in [-0.39, 0.29) is 29.1 Å². The highest BCUT2D eigenvalue weighted by Crippen LogP contribution is 2.37. The molecule has 184 valence electrons. The summed E-state index contributed by atoms with van der Waals surface area (Å²) in [5.74, 6) is -0.162. The maximum Gasteiger partial charge on any atom is 0.342 e. The quantitative estimate of drug-likeness (QED) is 0.257. The molecule has 4 aromatic rings. The second kappa shape index (κ2) is 9.36. The molecule has 0 aliphatic heterocycles. The van der Waals surface area contributed by atoms with Crippen LogP contribution in [0.5, 0.6) is 0 Å². The summed E-state index contributed by atoms with van der Waals surface area (Å²) in [6.07, 6.45) is 0. The number of rotatable bonds is 7. The Morgan fingerprint density at radius 2 is 1.63 bits per heavy atom. The normalized spacial score (nSPS) is 12.3. The van der Waals surface area contributed by atoms with E-state index in [2.05, 4.69) is 25.5 Å². The molecule has 0 bridgehead atoms. The molecule has 3 aromatic carbocycles. The molecular weight excluding hydrogens is 466 g/mol. The van der Waals surface area contributed by atoms with Gasteiger partial charge in [0.1, 0.15) is 23.5 Å². The molecule has 1 N–H and O–H groups in total. The van der Waals surface area contributed by atoms with E-state index in [1.54, 1.807) is 25.1 Å². The average Bonchev–Trinajstić information content (AvgIpc) is 3.14. The van der Waals surface area contributed by atoms with Crippen LogP contribution in [-0.4, -0.2) is 34.7 Å². The van der Waals surface area contributed by atoms with Crippen LogP contribution in [-0.2, 0) is 24.9 Å². The van der Waals surface area contributed by atoms with E-state index in [1.807, 2.05) is 36.4 Å². The van der Waals surface area contributed by atoms with Crippen molar-refractivity contribution in [1.82, 2.24) is 0 Å². The second-order valence-electron chi connectivity index (χ2n) is 9.39. The van der Waals surface area contributed by atoms with Gasteiger partial charge in [-0.2, -0.15) is 0 Å². The SMILES string of the molecule is COCCOC(=O)c1c(C)oc2c1cc(NS(=O)(=O)c1ccc(C(C)(C)C)cc1)c1ccccc12. The van der Waals surface area contributed by atoms with Crippen molar-refractivity contribution in [2.45, 2.75) is 38.0 Å². The molecule has 0 fully saturated rings. The molecule has 0 saturated carbocycles. The number of ether oxygens (including phenoxy) is 2. The number of esters is 1. The Labute approximate surface area is 205 Å². The first-order valence-corrected chi connectivity index (χ1v) is 12.8. The van der Waals surface area contributed by atoms with Gasteiger partial charge in [-0.3, -0.25) is 4.72 Å². The zero-order valence-electron chi connectivity index (χ0n) is 20.5. The number of carbonyl (C=O) groups excluding carboxylic acids is 1. The number of carbonyl (C=O) groups is 1. The van der Waals surface area contributed by atoms with Crippen molar-refractivity contribution in [2.75, 3.05) is 25.0 Å². The van der Waals surface area contributed by atoms with Gasteiger partial charge in [-0.25, -0.2) is 13.2 Å². The highest BCUT2D eigenvalue weighted by Gasteiger charge is 2.24. The number of aryl methyl sites for hydroxylation is 1. The van der Waals surface area contributed by atoms with Gasteiger partial charge in [-0.15, -0.1) is 0 Å². The lowest BCUT2D eigenvalue weighted by atomic mass is 9.87. The molecule has 0 atom stereocenters. The number of furan rings is 1. The van der Waals surface area contributed by atoms with E-state index >= 15 is 0 Å². The fourth-order valence-corrected chi connectivity index (χ4v) is 5.07. The smallest absolute Gasteiger partial charge is 0.342 e. The number of hydrogen-bond acceptors (Lipinski definition) is 6. The van der Waals surface area contributed by atoms with Gasteiger partial charge >= 0.3 is 5.97 Å². The predicted octanol–water partition coefficient (Wildman–Crippen LogP) is 5.80. The third-order valence-electron chi connectivity index (χ3n) is 5.87. The zero-order valence-corrected chi connectivity index (χ0v) is 21.3. The van der Waals surface area contributed by atoms with Gasteiger partial charge < -0.3 is 13.9 Å². The lowest BCUT2D eigenvalue weighted by Crippen LogP contribution is -2.15. The highest BCUT2D eigenvalue weighted by atomic mass is 32.2. The summed E-state index contributed by atoms with van der Waals surface area (Å²) in [5.41, 5.74) is 2.05. The molecule has 1 heterocycles. The molecule has 0 radical (unpaired) electrons. The molecule has 0 saturated heterocycles. The largest absolute Gasteiger partial charge is 0.460 e. The summed E-state index contributed by atoms with van der Waals surface area (Å²) in [5, 5.41) is 1.82. The van der Waals surface area contributed by atoms with Gasteiger partial charge in [0.05, 0.1) is 17.2 Å². The van der Waals surface area contributed by atoms with E-state index < -0.39 is 16.0 Å². The predicted molar refractivity (Wildman–Crippen MR) is 137 cm³/mol. The van der Waals surface area contributed by atoms with E-state index in [0.717, 1.165) is 5.56 Å². The number of fused-ring (bicyclic) bond motifs is 3. The lowest BCUT2D eigenvalue weighted by Gasteiger charge is -2.19. The Morgan fingerprint density at radius 1 is 0.971 bits per heavy atom. The lowest BCUT2D eigenvalue weighted by molar-refractivity contribution is 0.0388. The zero-order chi connectivity index (χ0) is 25.4. The van der Waals surface area contributed by atoms with Crippen molar-refractivity contribution < 1.29 is 27.1 Å². The topological polar surface area (TPSA) is 94.8 Å². The van der Waals surface area contributed by atoms with E-state index in [4.69, 9.17) is 13.9 Å². The van der Waals surface area contributed by atoms with Crippen LogP contribution in [0.4, 0.5) is 5.69 Å². The number of methoxy groups -OCH3 is 1. The Morgan fingerprint density at radius 3 is 2.26 bits per heavy atom. The van der Waals surface area contributed by atoms with Crippen LogP contribution in [0.1, 0.15) is 42.5 Å². The number of benzene rings is 3. The molecule has 0 spiro atoms. The maximum atomic E-state index is 13.3. The third-order valence-corrected chi connectivity index (χ3v) is 7.25. The first kappa shape index (κ1) is 24.8. The summed E-state index contributed by atoms with van der Waals surface area (Å²) < 4.78 is 45.5. The highest BCUT2D eigenvalue weighted by molar-refractivity contribution is 7.92. The molecule has 7 nitrogen and oxygen atoms in total. The molecule has 0 unspecified atom stereocenters. The van der Waals surface area contributed by atoms with E-state index in [0.29, 0.717) is 33.2 Å². The van der Waals surface area contributed by atoms with Crippen molar-refractivity contribution in [3.63, 3.8) is 0 Å². The van der Waals surface area contributed by atoms with Gasteiger partial charge in [0.2, 0.25) is 0 Å². The molecule has 0 amide bonds. The van der Waals surface area contributed by atoms with Crippen LogP contribution in [0.2, 0.25) is 0 Å². The van der Waals surface area contributed by atoms with Crippen molar-refractivity contribution >= 4 is 43.4 Å². The van der Waals surface area contributed by atoms with Gasteiger partial charge in [-0.05, 0) is 36.1 Å². The Kier molecular flexibility index (Phi) is 6.62. The summed E-state index contributed by atoms with van der Waals surface area (Å²) in [6, 6.07) is 15.8. The molecule has 4 rings (SSSR count).